The number of ether oxygens (including phenoxy) is 1. The summed E-state index contributed by atoms with van der Waals surface area (Å²) in [6, 6.07) is 0. The Morgan fingerprint density at radius 2 is 2.17 bits per heavy atom. The number of amides is 1. The molecular weight excluding hydrogens is 290 g/mol. The van der Waals surface area contributed by atoms with E-state index in [2.05, 4.69) is 24.0 Å². The molecule has 0 unspecified atom stereocenters. The second-order valence-electron chi connectivity index (χ2n) is 7.16. The molecule has 1 aromatic rings. The quantitative estimate of drug-likeness (QED) is 0.833. The summed E-state index contributed by atoms with van der Waals surface area (Å²) in [6.07, 6.45) is 8.51. The molecule has 126 valence electrons. The van der Waals surface area contributed by atoms with Crippen LogP contribution in [-0.4, -0.2) is 54.0 Å². The highest BCUT2D eigenvalue weighted by Crippen LogP contribution is 2.38. The molecule has 0 saturated heterocycles. The third kappa shape index (κ3) is 3.40. The average molecular weight is 317 g/mol. The lowest BCUT2D eigenvalue weighted by atomic mass is 9.77. The van der Waals surface area contributed by atoms with Gasteiger partial charge < -0.3 is 14.5 Å². The van der Waals surface area contributed by atoms with Crippen LogP contribution in [0.4, 0.5) is 0 Å². The highest BCUT2D eigenvalue weighted by molar-refractivity contribution is 5.77. The highest BCUT2D eigenvalue weighted by Gasteiger charge is 2.40. The van der Waals surface area contributed by atoms with Crippen molar-refractivity contribution in [3.8, 4) is 0 Å². The van der Waals surface area contributed by atoms with Gasteiger partial charge in [-0.25, -0.2) is 0 Å². The van der Waals surface area contributed by atoms with Gasteiger partial charge in [0.2, 0.25) is 5.91 Å². The number of hydrogen-bond donors (Lipinski definition) is 0. The van der Waals surface area contributed by atoms with Gasteiger partial charge in [0.1, 0.15) is 0 Å². The van der Waals surface area contributed by atoms with Gasteiger partial charge in [0.15, 0.2) is 0 Å². The summed E-state index contributed by atoms with van der Waals surface area (Å²) in [4.78, 5) is 21.2. The molecule has 1 aliphatic carbocycles. The molecule has 5 nitrogen and oxygen atoms in total. The number of fused-ring (bicyclic) bond motifs is 1. The Morgan fingerprint density at radius 1 is 1.39 bits per heavy atom. The zero-order valence-corrected chi connectivity index (χ0v) is 14.5. The van der Waals surface area contributed by atoms with Crippen LogP contribution in [0.3, 0.4) is 0 Å². The number of rotatable bonds is 5. The van der Waals surface area contributed by atoms with Gasteiger partial charge in [0, 0.05) is 39.1 Å². The lowest BCUT2D eigenvalue weighted by Gasteiger charge is -2.41. The van der Waals surface area contributed by atoms with Gasteiger partial charge in [-0.3, -0.25) is 9.78 Å². The average Bonchev–Trinajstić information content (AvgIpc) is 2.50. The van der Waals surface area contributed by atoms with E-state index in [1.165, 1.54) is 23.1 Å². The molecule has 1 aromatic heterocycles. The first-order chi connectivity index (χ1) is 11.0. The van der Waals surface area contributed by atoms with Gasteiger partial charge >= 0.3 is 0 Å². The van der Waals surface area contributed by atoms with Crippen molar-refractivity contribution in [1.29, 1.82) is 0 Å². The minimum atomic E-state index is -0.192. The van der Waals surface area contributed by atoms with Crippen molar-refractivity contribution in [2.24, 2.45) is 0 Å². The van der Waals surface area contributed by atoms with Gasteiger partial charge in [0.05, 0.1) is 12.0 Å². The summed E-state index contributed by atoms with van der Waals surface area (Å²) in [7, 11) is 5.87. The molecule has 5 heteroatoms. The van der Waals surface area contributed by atoms with Crippen LogP contribution in [0.15, 0.2) is 12.4 Å². The van der Waals surface area contributed by atoms with Gasteiger partial charge in [-0.05, 0) is 56.5 Å². The summed E-state index contributed by atoms with van der Waals surface area (Å²) in [5, 5.41) is 0. The van der Waals surface area contributed by atoms with Gasteiger partial charge in [0.25, 0.3) is 0 Å². The van der Waals surface area contributed by atoms with Crippen LogP contribution in [0.2, 0.25) is 0 Å². The number of carbonyl (C=O) groups excluding carboxylic acids is 1. The molecule has 1 saturated carbocycles. The Kier molecular flexibility index (Phi) is 4.69. The summed E-state index contributed by atoms with van der Waals surface area (Å²) in [6.45, 7) is 2.38. The number of pyridine rings is 1. The van der Waals surface area contributed by atoms with Crippen molar-refractivity contribution in [3.63, 3.8) is 0 Å². The monoisotopic (exact) mass is 317 g/mol. The first kappa shape index (κ1) is 16.4. The Bertz CT molecular complexity index is 576. The predicted octanol–water partition coefficient (Wildman–Crippen LogP) is 1.99. The molecule has 23 heavy (non-hydrogen) atoms. The maximum atomic E-state index is 12.7. The van der Waals surface area contributed by atoms with Crippen LogP contribution in [0.5, 0.6) is 0 Å². The normalized spacial score (nSPS) is 19.4. The van der Waals surface area contributed by atoms with Gasteiger partial charge in [-0.15, -0.1) is 0 Å². The Morgan fingerprint density at radius 3 is 2.78 bits per heavy atom. The van der Waals surface area contributed by atoms with E-state index in [1.54, 1.807) is 7.11 Å². The predicted molar refractivity (Wildman–Crippen MR) is 89.0 cm³/mol. The van der Waals surface area contributed by atoms with Crippen molar-refractivity contribution < 1.29 is 9.53 Å². The van der Waals surface area contributed by atoms with E-state index in [-0.39, 0.29) is 11.5 Å². The molecule has 2 aliphatic rings. The number of aromatic nitrogens is 1. The molecule has 0 N–H and O–H groups in total. The largest absolute Gasteiger partial charge is 0.378 e. The van der Waals surface area contributed by atoms with E-state index in [0.717, 1.165) is 32.4 Å². The molecule has 0 atom stereocenters. The van der Waals surface area contributed by atoms with Crippen LogP contribution < -0.4 is 0 Å². The second kappa shape index (κ2) is 6.57. The lowest BCUT2D eigenvalue weighted by Crippen LogP contribution is -2.46. The summed E-state index contributed by atoms with van der Waals surface area (Å²) in [5.41, 5.74) is 3.67. The van der Waals surface area contributed by atoms with Crippen molar-refractivity contribution in [3.05, 3.63) is 29.1 Å². The smallest absolute Gasteiger partial charge is 0.225 e. The molecule has 0 aromatic carbocycles. The zero-order chi connectivity index (χ0) is 16.4. The SMILES string of the molecule is COC1(CC(=O)N2CCc3c(CN(C)C)cncc3C2)CCC1. The third-order valence-electron chi connectivity index (χ3n) is 5.24. The van der Waals surface area contributed by atoms with Crippen LogP contribution in [0.1, 0.15) is 42.4 Å². The minimum absolute atomic E-state index is 0.192. The van der Waals surface area contributed by atoms with Crippen LogP contribution in [0.25, 0.3) is 0 Å². The molecule has 0 spiro atoms. The fraction of sp³-hybridized carbons (Fsp3) is 0.667. The number of hydrogen-bond acceptors (Lipinski definition) is 4. The fourth-order valence-corrected chi connectivity index (χ4v) is 3.67. The first-order valence-corrected chi connectivity index (χ1v) is 8.45. The van der Waals surface area contributed by atoms with Crippen LogP contribution in [0, 0.1) is 0 Å². The number of carbonyl (C=O) groups is 1. The molecule has 1 aliphatic heterocycles. The van der Waals surface area contributed by atoms with Crippen molar-refractivity contribution in [2.75, 3.05) is 27.7 Å². The highest BCUT2D eigenvalue weighted by atomic mass is 16.5. The van der Waals surface area contributed by atoms with Crippen LogP contribution in [-0.2, 0) is 29.0 Å². The molecule has 3 rings (SSSR count). The van der Waals surface area contributed by atoms with Crippen molar-refractivity contribution in [2.45, 2.75) is 50.8 Å². The maximum absolute atomic E-state index is 12.7. The van der Waals surface area contributed by atoms with E-state index in [4.69, 9.17) is 4.74 Å². The molecule has 1 fully saturated rings. The third-order valence-corrected chi connectivity index (χ3v) is 5.24. The minimum Gasteiger partial charge on any atom is -0.378 e. The zero-order valence-electron chi connectivity index (χ0n) is 14.5. The molecule has 0 bridgehead atoms. The maximum Gasteiger partial charge on any atom is 0.225 e. The van der Waals surface area contributed by atoms with E-state index in [9.17, 15) is 4.79 Å². The second-order valence-corrected chi connectivity index (χ2v) is 7.16. The standard InChI is InChI=1S/C18H27N3O2/c1-20(2)12-14-10-19-11-15-13-21(8-5-16(14)15)17(22)9-18(23-3)6-4-7-18/h10-11H,4-9,12-13H2,1-3H3. The molecule has 0 radical (unpaired) electrons. The Hall–Kier alpha value is -1.46. The Labute approximate surface area is 138 Å². The molecule has 1 amide bonds. The van der Waals surface area contributed by atoms with Crippen molar-refractivity contribution in [1.82, 2.24) is 14.8 Å². The Balaban J connectivity index is 1.69. The number of methoxy groups -OCH3 is 1. The summed E-state index contributed by atoms with van der Waals surface area (Å²) < 4.78 is 5.60. The van der Waals surface area contributed by atoms with Crippen molar-refractivity contribution >= 4 is 5.91 Å². The molecule has 2 heterocycles. The van der Waals surface area contributed by atoms with Gasteiger partial charge in [-0.2, -0.15) is 0 Å². The van der Waals surface area contributed by atoms with E-state index < -0.39 is 0 Å². The topological polar surface area (TPSA) is 45.7 Å². The summed E-state index contributed by atoms with van der Waals surface area (Å²) in [5.74, 6) is 0.218. The molecular formula is C18H27N3O2. The van der Waals surface area contributed by atoms with E-state index in [1.807, 2.05) is 17.3 Å². The van der Waals surface area contributed by atoms with E-state index in [0.29, 0.717) is 13.0 Å². The number of nitrogens with zero attached hydrogens (tertiary/aromatic N) is 3. The first-order valence-electron chi connectivity index (χ1n) is 8.45. The summed E-state index contributed by atoms with van der Waals surface area (Å²) >= 11 is 0. The fourth-order valence-electron chi connectivity index (χ4n) is 3.67. The van der Waals surface area contributed by atoms with Crippen LogP contribution >= 0.6 is 0 Å². The van der Waals surface area contributed by atoms with E-state index >= 15 is 0 Å². The lowest BCUT2D eigenvalue weighted by molar-refractivity contribution is -0.145. The van der Waals surface area contributed by atoms with Gasteiger partial charge in [-0.1, -0.05) is 0 Å².